The lowest BCUT2D eigenvalue weighted by Crippen LogP contribution is -2.46. The van der Waals surface area contributed by atoms with Gasteiger partial charge in [0.15, 0.2) is 22.8 Å². The molecule has 25 nitrogen and oxygen atoms in total. The highest BCUT2D eigenvalue weighted by atomic mass is 32.2. The first-order valence-electron chi connectivity index (χ1n) is 15.6. The summed E-state index contributed by atoms with van der Waals surface area (Å²) in [6.07, 6.45) is -7.79. The second-order valence-electron chi connectivity index (χ2n) is 12.3. The van der Waals surface area contributed by atoms with Gasteiger partial charge in [-0.3, -0.25) is 32.5 Å². The Hall–Kier alpha value is -2.48. The monoisotopic (exact) mass is 853 g/mol. The van der Waals surface area contributed by atoms with E-state index >= 15 is 0 Å². The van der Waals surface area contributed by atoms with E-state index < -0.39 is 90.7 Å². The summed E-state index contributed by atoms with van der Waals surface area (Å²) in [4.78, 5) is 86.9. The van der Waals surface area contributed by atoms with Gasteiger partial charge in [-0.1, -0.05) is 25.6 Å². The van der Waals surface area contributed by atoms with Gasteiger partial charge in [-0.2, -0.15) is 4.31 Å². The molecule has 1 saturated heterocycles. The Bertz CT molecular complexity index is 1780. The number of amides is 2. The van der Waals surface area contributed by atoms with Crippen molar-refractivity contribution < 1.29 is 85.6 Å². The maximum absolute atomic E-state index is 12.6. The fourth-order valence-corrected chi connectivity index (χ4v) is 8.22. The second kappa shape index (κ2) is 19.1. The van der Waals surface area contributed by atoms with Gasteiger partial charge in [0, 0.05) is 37.1 Å². The third-order valence-electron chi connectivity index (χ3n) is 7.23. The summed E-state index contributed by atoms with van der Waals surface area (Å²) in [5.41, 5.74) is 4.23. The molecule has 2 amide bonds. The number of nitrogens with two attached hydrogens (primary N) is 1. The summed E-state index contributed by atoms with van der Waals surface area (Å²) in [5.74, 6) is -1.25. The van der Waals surface area contributed by atoms with E-state index in [0.29, 0.717) is 0 Å². The molecule has 0 bridgehead atoms. The minimum atomic E-state index is -5.57. The number of phosphoric ester groups is 3. The Balaban J connectivity index is 1.51. The van der Waals surface area contributed by atoms with Crippen LogP contribution in [0.15, 0.2) is 12.7 Å². The highest BCUT2D eigenvalue weighted by Gasteiger charge is 2.50. The lowest BCUT2D eigenvalue weighted by molar-refractivity contribution is -0.137. The van der Waals surface area contributed by atoms with Gasteiger partial charge in [0.2, 0.25) is 11.8 Å². The zero-order valence-corrected chi connectivity index (χ0v) is 32.3. The summed E-state index contributed by atoms with van der Waals surface area (Å²) in [6, 6.07) is 0. The predicted octanol–water partition coefficient (Wildman–Crippen LogP) is -1.56. The summed E-state index contributed by atoms with van der Waals surface area (Å²) in [7, 11) is -16.4. The number of ether oxygens (including phenoxy) is 1. The number of aliphatic hydroxyl groups is 3. The highest BCUT2D eigenvalue weighted by molar-refractivity contribution is 8.13. The third-order valence-corrected chi connectivity index (χ3v) is 11.2. The zero-order chi connectivity index (χ0) is 40.6. The molecule has 0 radical (unpaired) electrons. The Kier molecular flexibility index (Phi) is 16.2. The molecule has 3 heterocycles. The maximum atomic E-state index is 12.6. The molecule has 3 rings (SSSR count). The molecule has 2 unspecified atom stereocenters. The zero-order valence-electron chi connectivity index (χ0n) is 28.8. The van der Waals surface area contributed by atoms with Crippen LogP contribution in [-0.4, -0.2) is 134 Å². The molecule has 0 spiro atoms. The summed E-state index contributed by atoms with van der Waals surface area (Å²) in [5, 5.41) is 35.2. The van der Waals surface area contributed by atoms with Crippen LogP contribution >= 0.6 is 35.2 Å². The molecular weight excluding hydrogens is 811 g/mol. The maximum Gasteiger partial charge on any atom is 0.481 e. The van der Waals surface area contributed by atoms with Crippen molar-refractivity contribution in [3.8, 4) is 0 Å². The Labute approximate surface area is 310 Å². The predicted molar refractivity (Wildman–Crippen MR) is 183 cm³/mol. The van der Waals surface area contributed by atoms with E-state index in [1.807, 2.05) is 0 Å². The van der Waals surface area contributed by atoms with E-state index in [1.165, 1.54) is 20.8 Å². The molecule has 0 aromatic carbocycles. The average molecular weight is 854 g/mol. The minimum Gasteiger partial charge on any atom is -0.393 e. The number of nitrogens with zero attached hydrogens (tertiary/aromatic N) is 4. The van der Waals surface area contributed by atoms with E-state index in [0.717, 1.165) is 29.0 Å². The van der Waals surface area contributed by atoms with Gasteiger partial charge in [-0.15, -0.1) is 0 Å². The fraction of sp³-hybridized carbons (Fsp3) is 0.680. The minimum absolute atomic E-state index is 0.0259. The van der Waals surface area contributed by atoms with Crippen molar-refractivity contribution in [3.63, 3.8) is 0 Å². The lowest BCUT2D eigenvalue weighted by atomic mass is 9.87. The van der Waals surface area contributed by atoms with Gasteiger partial charge in [0.05, 0.1) is 25.6 Å². The van der Waals surface area contributed by atoms with E-state index in [2.05, 4.69) is 34.4 Å². The van der Waals surface area contributed by atoms with Crippen LogP contribution in [-0.2, 0) is 50.7 Å². The van der Waals surface area contributed by atoms with Crippen molar-refractivity contribution in [2.24, 2.45) is 5.41 Å². The summed E-state index contributed by atoms with van der Waals surface area (Å²) < 4.78 is 61.9. The summed E-state index contributed by atoms with van der Waals surface area (Å²) in [6.45, 7) is 1.83. The number of anilines is 1. The molecule has 29 heteroatoms. The van der Waals surface area contributed by atoms with Crippen LogP contribution < -0.4 is 16.4 Å². The molecule has 0 aliphatic carbocycles. The van der Waals surface area contributed by atoms with Gasteiger partial charge in [0.1, 0.15) is 36.3 Å². The molecular formula is C25H42N7O18P3S. The number of thioether (sulfide) groups is 1. The number of carbonyl (C=O) groups excluding carboxylic acids is 3. The van der Waals surface area contributed by atoms with Gasteiger partial charge in [0.25, 0.3) is 0 Å². The SMILES string of the molecule is C[C@H](O)CC(=O)SCCNC(=O)CCNC(=O)[C@H](O)C(C)(C)COP(=O)(O)OP(=O)(O)OC[C@@H]1O[C@H](n2cnc3c(N)ncnc32)[C@@H](O)[C@@H]1OP(=O)(O)O. The van der Waals surface area contributed by atoms with Crippen molar-refractivity contribution in [2.75, 3.05) is 37.8 Å². The fourth-order valence-electron chi connectivity index (χ4n) is 4.60. The van der Waals surface area contributed by atoms with Crippen molar-refractivity contribution in [3.05, 3.63) is 12.7 Å². The number of hydrogen-bond acceptors (Lipinski definition) is 19. The van der Waals surface area contributed by atoms with Crippen LogP contribution in [0, 0.1) is 5.41 Å². The van der Waals surface area contributed by atoms with Crippen LogP contribution in [0.25, 0.3) is 11.2 Å². The summed E-state index contributed by atoms with van der Waals surface area (Å²) >= 11 is 0.939. The molecule has 0 saturated carbocycles. The molecule has 54 heavy (non-hydrogen) atoms. The number of aliphatic hydroxyl groups excluding tert-OH is 3. The van der Waals surface area contributed by atoms with E-state index in [1.54, 1.807) is 0 Å². The van der Waals surface area contributed by atoms with Crippen LogP contribution in [0.1, 0.15) is 39.8 Å². The van der Waals surface area contributed by atoms with Gasteiger partial charge in [-0.25, -0.2) is 28.6 Å². The molecule has 11 N–H and O–H groups in total. The van der Waals surface area contributed by atoms with Crippen LogP contribution in [0.3, 0.4) is 0 Å². The number of carbonyl (C=O) groups is 3. The Morgan fingerprint density at radius 1 is 1.06 bits per heavy atom. The molecule has 2 aromatic heterocycles. The van der Waals surface area contributed by atoms with Crippen LogP contribution in [0.5, 0.6) is 0 Å². The standard InChI is InChI=1S/C25H42N7O18P3S/c1-13(33)8-16(35)54-7-6-27-15(34)4-5-28-23(38)20(37)25(2,3)10-47-53(44,45)50-52(42,43)46-9-14-19(49-51(39,40)41)18(36)24(48-14)32-12-31-17-21(26)29-11-30-22(17)32/h11-14,18-20,24,33,36-37H,4-10H2,1-3H3,(H,27,34)(H,28,38)(H,42,43)(H,44,45)(H2,26,29,30)(H2,39,40,41)/t13-,14-,18-,19+,20-,24-/m0/s1. The molecule has 1 fully saturated rings. The average Bonchev–Trinajstić information content (AvgIpc) is 3.60. The number of phosphoric acid groups is 3. The smallest absolute Gasteiger partial charge is 0.393 e. The normalized spacial score (nSPS) is 22.6. The largest absolute Gasteiger partial charge is 0.481 e. The molecule has 306 valence electrons. The van der Waals surface area contributed by atoms with Gasteiger partial charge >= 0.3 is 23.5 Å². The first-order chi connectivity index (χ1) is 24.9. The third kappa shape index (κ3) is 13.9. The topological polar surface area (TPSA) is 384 Å². The Morgan fingerprint density at radius 2 is 1.72 bits per heavy atom. The van der Waals surface area contributed by atoms with Crippen molar-refractivity contribution in [2.45, 2.75) is 70.4 Å². The number of rotatable bonds is 21. The number of imidazole rings is 1. The highest BCUT2D eigenvalue weighted by Crippen LogP contribution is 2.61. The number of hydrogen-bond donors (Lipinski definition) is 10. The van der Waals surface area contributed by atoms with Crippen molar-refractivity contribution >= 4 is 69.1 Å². The van der Waals surface area contributed by atoms with Crippen LogP contribution in [0.2, 0.25) is 0 Å². The van der Waals surface area contributed by atoms with Crippen LogP contribution in [0.4, 0.5) is 5.82 Å². The van der Waals surface area contributed by atoms with Crippen molar-refractivity contribution in [1.29, 1.82) is 0 Å². The number of aromatic nitrogens is 4. The van der Waals surface area contributed by atoms with Gasteiger partial charge in [-0.05, 0) is 6.92 Å². The lowest BCUT2D eigenvalue weighted by Gasteiger charge is -2.30. The quantitative estimate of drug-likeness (QED) is 0.0501. The first-order valence-corrected chi connectivity index (χ1v) is 21.1. The molecule has 2 aromatic rings. The number of fused-ring (bicyclic) bond motifs is 1. The van der Waals surface area contributed by atoms with E-state index in [9.17, 15) is 63.0 Å². The second-order valence-corrected chi connectivity index (χ2v) is 17.7. The van der Waals surface area contributed by atoms with Crippen molar-refractivity contribution in [1.82, 2.24) is 30.2 Å². The first kappa shape index (κ1) is 45.9. The molecule has 8 atom stereocenters. The molecule has 1 aliphatic heterocycles. The molecule has 1 aliphatic rings. The van der Waals surface area contributed by atoms with Gasteiger partial charge < -0.3 is 56.0 Å². The number of nitrogen functional groups attached to an aromatic ring is 1. The van der Waals surface area contributed by atoms with E-state index in [4.69, 9.17) is 19.5 Å². The Morgan fingerprint density at radius 3 is 2.37 bits per heavy atom. The van der Waals surface area contributed by atoms with E-state index in [-0.39, 0.29) is 53.8 Å². The number of nitrogens with one attached hydrogen (secondary N) is 2.